The van der Waals surface area contributed by atoms with Crippen LogP contribution in [0.3, 0.4) is 0 Å². The lowest BCUT2D eigenvalue weighted by Crippen LogP contribution is -2.13. The molecule has 2 aromatic heterocycles. The number of hydrogen-bond donors (Lipinski definition) is 1. The first kappa shape index (κ1) is 16.7. The van der Waals surface area contributed by atoms with Crippen molar-refractivity contribution in [1.29, 1.82) is 0 Å². The van der Waals surface area contributed by atoms with Gasteiger partial charge < -0.3 is 15.2 Å². The van der Waals surface area contributed by atoms with Crippen LogP contribution in [0.25, 0.3) is 11.0 Å². The number of aromatic nitrogens is 3. The maximum atomic E-state index is 6.08. The highest BCUT2D eigenvalue weighted by molar-refractivity contribution is 5.85. The summed E-state index contributed by atoms with van der Waals surface area (Å²) in [5, 5.41) is 0. The smallest absolute Gasteiger partial charge is 0.151 e. The zero-order valence-corrected chi connectivity index (χ0v) is 14.2. The molecule has 0 aliphatic heterocycles. The van der Waals surface area contributed by atoms with E-state index >= 15 is 0 Å². The van der Waals surface area contributed by atoms with Gasteiger partial charge in [0.15, 0.2) is 5.82 Å². The number of pyridine rings is 1. The third-order valence-electron chi connectivity index (χ3n) is 3.98. The topological polar surface area (TPSA) is 60.0 Å². The minimum atomic E-state index is 0.566. The molecule has 0 saturated heterocycles. The van der Waals surface area contributed by atoms with Gasteiger partial charge in [-0.1, -0.05) is 19.8 Å². The number of fused-ring (bicyclic) bond motifs is 1. The summed E-state index contributed by atoms with van der Waals surface area (Å²) in [5.41, 5.74) is 9.13. The highest BCUT2D eigenvalue weighted by atomic mass is 15.1. The van der Waals surface area contributed by atoms with Gasteiger partial charge in [0.1, 0.15) is 5.52 Å². The van der Waals surface area contributed by atoms with E-state index in [0.29, 0.717) is 5.82 Å². The molecule has 0 aromatic carbocycles. The van der Waals surface area contributed by atoms with Crippen molar-refractivity contribution in [2.45, 2.75) is 52.0 Å². The number of unbranched alkanes of at least 4 members (excludes halogenated alkanes) is 3. The average Bonchev–Trinajstić information content (AvgIpc) is 2.87. The summed E-state index contributed by atoms with van der Waals surface area (Å²) in [6.45, 7) is 4.33. The van der Waals surface area contributed by atoms with E-state index in [1.807, 2.05) is 6.33 Å². The number of nitrogens with two attached hydrogens (primary N) is 1. The Hall–Kier alpha value is -1.62. The van der Waals surface area contributed by atoms with Crippen molar-refractivity contribution in [3.8, 4) is 0 Å². The minimum Gasteiger partial charge on any atom is -0.382 e. The molecule has 0 fully saturated rings. The molecule has 0 aliphatic carbocycles. The van der Waals surface area contributed by atoms with Crippen LogP contribution in [0.15, 0.2) is 12.4 Å². The second-order valence-corrected chi connectivity index (χ2v) is 6.27. The third-order valence-corrected chi connectivity index (χ3v) is 3.98. The van der Waals surface area contributed by atoms with Gasteiger partial charge >= 0.3 is 0 Å². The first-order valence-corrected chi connectivity index (χ1v) is 8.36. The molecule has 0 unspecified atom stereocenters. The summed E-state index contributed by atoms with van der Waals surface area (Å²) >= 11 is 0. The Balaban J connectivity index is 2.07. The lowest BCUT2D eigenvalue weighted by Gasteiger charge is -2.10. The van der Waals surface area contributed by atoms with Crippen LogP contribution in [0.5, 0.6) is 0 Å². The molecule has 0 aliphatic rings. The molecule has 0 bridgehead atoms. The van der Waals surface area contributed by atoms with Gasteiger partial charge in [0.2, 0.25) is 0 Å². The molecule has 22 heavy (non-hydrogen) atoms. The number of nitrogens with zero attached hydrogens (tertiary/aromatic N) is 4. The van der Waals surface area contributed by atoms with Crippen molar-refractivity contribution in [2.75, 3.05) is 26.4 Å². The van der Waals surface area contributed by atoms with E-state index in [4.69, 9.17) is 5.73 Å². The van der Waals surface area contributed by atoms with Crippen LogP contribution in [-0.2, 0) is 13.0 Å². The second kappa shape index (κ2) is 8.13. The normalized spacial score (nSPS) is 11.6. The molecule has 0 spiro atoms. The van der Waals surface area contributed by atoms with E-state index < -0.39 is 0 Å². The molecule has 0 amide bonds. The molecule has 0 radical (unpaired) electrons. The van der Waals surface area contributed by atoms with Gasteiger partial charge in [0.25, 0.3) is 0 Å². The highest BCUT2D eigenvalue weighted by Crippen LogP contribution is 2.20. The predicted molar refractivity (Wildman–Crippen MR) is 93.0 cm³/mol. The van der Waals surface area contributed by atoms with Crippen LogP contribution in [-0.4, -0.2) is 40.1 Å². The number of anilines is 1. The van der Waals surface area contributed by atoms with Gasteiger partial charge in [0.05, 0.1) is 11.8 Å². The zero-order valence-electron chi connectivity index (χ0n) is 14.2. The fourth-order valence-corrected chi connectivity index (χ4v) is 2.71. The third kappa shape index (κ3) is 4.44. The quantitative estimate of drug-likeness (QED) is 0.723. The van der Waals surface area contributed by atoms with Gasteiger partial charge in [-0.2, -0.15) is 0 Å². The van der Waals surface area contributed by atoms with E-state index in [1.54, 1.807) is 0 Å². The molecular formula is C17H29N5. The number of aryl methyl sites for hydroxylation is 2. The fraction of sp³-hybridized carbons (Fsp3) is 0.647. The molecule has 2 heterocycles. The van der Waals surface area contributed by atoms with E-state index in [9.17, 15) is 0 Å². The number of imidazole rings is 1. The van der Waals surface area contributed by atoms with Crippen molar-refractivity contribution in [2.24, 2.45) is 0 Å². The summed E-state index contributed by atoms with van der Waals surface area (Å²) in [6, 6.07) is 2.17. The largest absolute Gasteiger partial charge is 0.382 e. The van der Waals surface area contributed by atoms with Gasteiger partial charge in [-0.25, -0.2) is 9.97 Å². The maximum absolute atomic E-state index is 6.08. The summed E-state index contributed by atoms with van der Waals surface area (Å²) < 4.78 is 2.21. The van der Waals surface area contributed by atoms with Gasteiger partial charge in [-0.15, -0.1) is 0 Å². The van der Waals surface area contributed by atoms with E-state index in [0.717, 1.165) is 42.7 Å². The Morgan fingerprint density at radius 3 is 2.73 bits per heavy atom. The Morgan fingerprint density at radius 2 is 2.00 bits per heavy atom. The first-order valence-electron chi connectivity index (χ1n) is 8.36. The van der Waals surface area contributed by atoms with Crippen LogP contribution in [0, 0.1) is 0 Å². The maximum Gasteiger partial charge on any atom is 0.151 e. The summed E-state index contributed by atoms with van der Waals surface area (Å²) in [5.74, 6) is 0.566. The van der Waals surface area contributed by atoms with Crippen LogP contribution in [0.2, 0.25) is 0 Å². The Morgan fingerprint density at radius 1 is 1.18 bits per heavy atom. The Labute approximate surface area is 133 Å². The highest BCUT2D eigenvalue weighted by Gasteiger charge is 2.09. The van der Waals surface area contributed by atoms with E-state index in [2.05, 4.69) is 46.5 Å². The molecule has 0 saturated carbocycles. The standard InChI is InChI=1S/C17H29N5/c1-4-5-6-9-14-12-15-16(17(18)20-14)19-13-22(15)11-8-7-10-21(2)3/h12-13H,4-11H2,1-3H3,(H2,18,20). The SMILES string of the molecule is CCCCCc1cc2c(ncn2CCCCN(C)C)c(N)n1. The first-order chi connectivity index (χ1) is 10.6. The number of rotatable bonds is 9. The van der Waals surface area contributed by atoms with Crippen molar-refractivity contribution in [1.82, 2.24) is 19.4 Å². The molecule has 5 nitrogen and oxygen atoms in total. The van der Waals surface area contributed by atoms with Crippen molar-refractivity contribution in [3.05, 3.63) is 18.1 Å². The van der Waals surface area contributed by atoms with Crippen molar-refractivity contribution in [3.63, 3.8) is 0 Å². The van der Waals surface area contributed by atoms with Crippen LogP contribution >= 0.6 is 0 Å². The Kier molecular flexibility index (Phi) is 6.19. The van der Waals surface area contributed by atoms with Crippen LogP contribution < -0.4 is 5.73 Å². The molecule has 2 N–H and O–H groups in total. The van der Waals surface area contributed by atoms with Gasteiger partial charge in [-0.3, -0.25) is 0 Å². The summed E-state index contributed by atoms with van der Waals surface area (Å²) in [6.07, 6.45) is 8.87. The average molecular weight is 303 g/mol. The predicted octanol–water partition coefficient (Wildman–Crippen LogP) is 3.09. The lowest BCUT2D eigenvalue weighted by molar-refractivity contribution is 0.388. The fourth-order valence-electron chi connectivity index (χ4n) is 2.71. The summed E-state index contributed by atoms with van der Waals surface area (Å²) in [4.78, 5) is 11.2. The van der Waals surface area contributed by atoms with Gasteiger partial charge in [0, 0.05) is 12.2 Å². The molecule has 2 aromatic rings. The molecular weight excluding hydrogens is 274 g/mol. The van der Waals surface area contributed by atoms with E-state index in [-0.39, 0.29) is 0 Å². The van der Waals surface area contributed by atoms with Crippen LogP contribution in [0.4, 0.5) is 5.82 Å². The lowest BCUT2D eigenvalue weighted by atomic mass is 10.1. The molecule has 0 atom stereocenters. The zero-order chi connectivity index (χ0) is 15.9. The van der Waals surface area contributed by atoms with Gasteiger partial charge in [-0.05, 0) is 52.4 Å². The van der Waals surface area contributed by atoms with Crippen molar-refractivity contribution >= 4 is 16.9 Å². The molecule has 122 valence electrons. The number of hydrogen-bond acceptors (Lipinski definition) is 4. The summed E-state index contributed by atoms with van der Waals surface area (Å²) in [7, 11) is 4.23. The Bertz CT molecular complexity index is 588. The number of nitrogen functional groups attached to an aromatic ring is 1. The molecule has 2 rings (SSSR count). The second-order valence-electron chi connectivity index (χ2n) is 6.27. The van der Waals surface area contributed by atoms with Crippen molar-refractivity contribution < 1.29 is 0 Å². The van der Waals surface area contributed by atoms with E-state index in [1.165, 1.54) is 25.7 Å². The minimum absolute atomic E-state index is 0.566. The van der Waals surface area contributed by atoms with Crippen LogP contribution in [0.1, 0.15) is 44.7 Å². The monoisotopic (exact) mass is 303 g/mol. The molecule has 5 heteroatoms.